The van der Waals surface area contributed by atoms with E-state index in [4.69, 9.17) is 24.1 Å². The second-order valence-electron chi connectivity index (χ2n) is 12.8. The maximum Gasteiger partial charge on any atom is 0.429 e. The van der Waals surface area contributed by atoms with Crippen molar-refractivity contribution in [3.05, 3.63) is 71.8 Å². The lowest BCUT2D eigenvalue weighted by atomic mass is 10.0. The number of aldehydes is 1. The van der Waals surface area contributed by atoms with Crippen molar-refractivity contribution in [2.45, 2.75) is 77.7 Å². The van der Waals surface area contributed by atoms with E-state index >= 15 is 0 Å². The molecule has 0 saturated carbocycles. The Bertz CT molecular complexity index is 1560. The third kappa shape index (κ3) is 11.7. The maximum absolute atomic E-state index is 12.9. The van der Waals surface area contributed by atoms with Crippen LogP contribution in [-0.2, 0) is 56.1 Å². The molecular formula is C38H50N4O12. The molecule has 294 valence electrons. The summed E-state index contributed by atoms with van der Waals surface area (Å²) in [5.74, 6) is -2.92. The van der Waals surface area contributed by atoms with E-state index in [0.717, 1.165) is 32.4 Å². The second-order valence-corrected chi connectivity index (χ2v) is 12.8. The number of hydrogen-bond acceptors (Lipinski definition) is 12. The number of ether oxygens (including phenoxy) is 4. The zero-order valence-electron chi connectivity index (χ0n) is 31.2. The van der Waals surface area contributed by atoms with Gasteiger partial charge in [0, 0.05) is 50.8 Å². The van der Waals surface area contributed by atoms with Crippen LogP contribution in [0, 0.1) is 11.8 Å². The number of nitrogens with zero attached hydrogens (tertiary/aromatic N) is 4. The van der Waals surface area contributed by atoms with E-state index in [9.17, 15) is 33.6 Å². The normalized spacial score (nSPS) is 17.4. The quantitative estimate of drug-likeness (QED) is 0.168. The number of carbonyl (C=O) groups is 7. The molecule has 2 aromatic carbocycles. The maximum atomic E-state index is 12.9. The molecule has 2 aromatic rings. The molecule has 0 aromatic heterocycles. The Hall–Kier alpha value is -5.51. The molecule has 0 radical (unpaired) electrons. The number of esters is 2. The first-order valence-electron chi connectivity index (χ1n) is 17.8. The average Bonchev–Trinajstić information content (AvgIpc) is 3.86. The van der Waals surface area contributed by atoms with Crippen LogP contribution in [0.5, 0.6) is 0 Å². The van der Waals surface area contributed by atoms with Gasteiger partial charge >= 0.3 is 24.1 Å². The number of rotatable bonds is 14. The molecule has 16 nitrogen and oxygen atoms in total. The summed E-state index contributed by atoms with van der Waals surface area (Å²) < 4.78 is 20.2. The van der Waals surface area contributed by atoms with Crippen molar-refractivity contribution >= 4 is 42.2 Å². The lowest BCUT2D eigenvalue weighted by Crippen LogP contribution is -2.52. The highest BCUT2D eigenvalue weighted by atomic mass is 16.6. The van der Waals surface area contributed by atoms with E-state index in [1.165, 1.54) is 19.2 Å². The average molecular weight is 755 g/mol. The molecule has 16 heteroatoms. The van der Waals surface area contributed by atoms with Gasteiger partial charge in [0.2, 0.25) is 11.8 Å². The Kier molecular flexibility index (Phi) is 17.4. The molecule has 0 bridgehead atoms. The number of hydrazine groups is 2. The van der Waals surface area contributed by atoms with E-state index < -0.39 is 54.0 Å². The molecular weight excluding hydrogens is 704 g/mol. The highest BCUT2D eigenvalue weighted by Crippen LogP contribution is 2.26. The Balaban J connectivity index is 0.000000290. The molecule has 1 N–H and O–H groups in total. The summed E-state index contributed by atoms with van der Waals surface area (Å²) in [5, 5.41) is 13.6. The van der Waals surface area contributed by atoms with Crippen LogP contribution >= 0.6 is 0 Å². The Labute approximate surface area is 314 Å². The van der Waals surface area contributed by atoms with Crippen molar-refractivity contribution in [3.8, 4) is 0 Å². The number of amides is 4. The topological polar surface area (TPSA) is 190 Å². The highest BCUT2D eigenvalue weighted by molar-refractivity contribution is 5.89. The number of methoxy groups -OCH3 is 2. The number of aliphatic hydroxyl groups excluding tert-OH is 1. The van der Waals surface area contributed by atoms with Crippen LogP contribution in [-0.4, -0.2) is 113 Å². The third-order valence-corrected chi connectivity index (χ3v) is 8.93. The molecule has 2 saturated heterocycles. The van der Waals surface area contributed by atoms with Crippen LogP contribution in [0.1, 0.15) is 63.5 Å². The molecule has 2 aliphatic heterocycles. The molecule has 2 heterocycles. The largest absolute Gasteiger partial charge is 0.467 e. The van der Waals surface area contributed by atoms with Crippen molar-refractivity contribution in [3.63, 3.8) is 0 Å². The van der Waals surface area contributed by atoms with Gasteiger partial charge in [-0.3, -0.25) is 9.59 Å². The Morgan fingerprint density at radius 3 is 1.48 bits per heavy atom. The van der Waals surface area contributed by atoms with E-state index in [1.54, 1.807) is 13.8 Å². The van der Waals surface area contributed by atoms with Crippen molar-refractivity contribution in [1.29, 1.82) is 0 Å². The molecule has 4 rings (SSSR count). The van der Waals surface area contributed by atoms with Gasteiger partial charge in [-0.25, -0.2) is 39.2 Å². The minimum Gasteiger partial charge on any atom is -0.467 e. The predicted octanol–water partition coefficient (Wildman–Crippen LogP) is 3.65. The Morgan fingerprint density at radius 1 is 0.704 bits per heavy atom. The van der Waals surface area contributed by atoms with Gasteiger partial charge < -0.3 is 28.8 Å². The van der Waals surface area contributed by atoms with Crippen molar-refractivity contribution < 1.29 is 57.6 Å². The van der Waals surface area contributed by atoms with Crippen molar-refractivity contribution in [2.75, 3.05) is 33.9 Å². The first kappa shape index (κ1) is 42.9. The summed E-state index contributed by atoms with van der Waals surface area (Å²) in [6.07, 6.45) is 1.35. The van der Waals surface area contributed by atoms with Gasteiger partial charge in [0.25, 0.3) is 0 Å². The van der Waals surface area contributed by atoms with Crippen LogP contribution < -0.4 is 0 Å². The Morgan fingerprint density at radius 2 is 1.11 bits per heavy atom. The molecule has 2 fully saturated rings. The smallest absolute Gasteiger partial charge is 0.429 e. The highest BCUT2D eigenvalue weighted by Gasteiger charge is 2.46. The SMILES string of the molecule is COC(=O)[C@@H]1CCN(C(=O)OCc2ccccc2)N1C(=O)[C@@H](C)CCC=O.COC(=O)[C@@H]1CCN(C(=O)OCc2ccccc2)N1C(=O)[C@@H](C)CCCO. The fraction of sp³-hybridized carbons (Fsp3) is 0.500. The number of carbonyl (C=O) groups excluding carboxylic acids is 7. The van der Waals surface area contributed by atoms with Gasteiger partial charge in [0.15, 0.2) is 12.1 Å². The predicted molar refractivity (Wildman–Crippen MR) is 191 cm³/mol. The summed E-state index contributed by atoms with van der Waals surface area (Å²) in [7, 11) is 2.48. The van der Waals surface area contributed by atoms with Crippen LogP contribution in [0.15, 0.2) is 60.7 Å². The van der Waals surface area contributed by atoms with Crippen LogP contribution in [0.25, 0.3) is 0 Å². The van der Waals surface area contributed by atoms with Gasteiger partial charge in [-0.05, 0) is 30.4 Å². The summed E-state index contributed by atoms with van der Waals surface area (Å²) in [6, 6.07) is 16.6. The molecule has 0 unspecified atom stereocenters. The van der Waals surface area contributed by atoms with Gasteiger partial charge in [-0.15, -0.1) is 0 Å². The van der Waals surface area contributed by atoms with Crippen molar-refractivity contribution in [1.82, 2.24) is 20.0 Å². The number of hydrogen-bond donors (Lipinski definition) is 1. The van der Waals surface area contributed by atoms with Crippen molar-refractivity contribution in [2.24, 2.45) is 11.8 Å². The summed E-state index contributed by atoms with van der Waals surface area (Å²) in [5.41, 5.74) is 1.63. The zero-order valence-corrected chi connectivity index (χ0v) is 31.2. The third-order valence-electron chi connectivity index (χ3n) is 8.93. The van der Waals surface area contributed by atoms with Gasteiger partial charge in [-0.2, -0.15) is 0 Å². The van der Waals surface area contributed by atoms with Crippen LogP contribution in [0.2, 0.25) is 0 Å². The minimum atomic E-state index is -0.884. The first-order valence-corrected chi connectivity index (χ1v) is 17.8. The molecule has 4 atom stereocenters. The lowest BCUT2D eigenvalue weighted by molar-refractivity contribution is -0.162. The van der Waals surface area contributed by atoms with Crippen LogP contribution in [0.3, 0.4) is 0 Å². The van der Waals surface area contributed by atoms with E-state index in [-0.39, 0.29) is 58.1 Å². The zero-order chi connectivity index (χ0) is 39.6. The number of aliphatic hydroxyl groups is 1. The van der Waals surface area contributed by atoms with E-state index in [2.05, 4.69) is 0 Å². The molecule has 54 heavy (non-hydrogen) atoms. The van der Waals surface area contributed by atoms with Crippen LogP contribution in [0.4, 0.5) is 9.59 Å². The fourth-order valence-electron chi connectivity index (χ4n) is 5.90. The summed E-state index contributed by atoms with van der Waals surface area (Å²) >= 11 is 0. The van der Waals surface area contributed by atoms with Gasteiger partial charge in [0.05, 0.1) is 14.2 Å². The number of benzene rings is 2. The standard InChI is InChI=1S/C19H26N2O6.C19H24N2O6/c2*1-14(7-6-12-22)17(23)21-16(18(24)26-2)10-11-20(21)19(25)27-13-15-8-4-3-5-9-15/h3-5,8-9,14,16,22H,6-7,10-13H2,1-2H3;3-5,8-9,12,14,16H,6-7,10-11,13H2,1-2H3/t2*14-,16-/m00/s1. The van der Waals surface area contributed by atoms with Gasteiger partial charge in [0.1, 0.15) is 19.5 Å². The summed E-state index contributed by atoms with van der Waals surface area (Å²) in [4.78, 5) is 85.5. The second kappa shape index (κ2) is 21.9. The monoisotopic (exact) mass is 754 g/mol. The van der Waals surface area contributed by atoms with E-state index in [1.807, 2.05) is 60.7 Å². The van der Waals surface area contributed by atoms with Gasteiger partial charge in [-0.1, -0.05) is 74.5 Å². The first-order chi connectivity index (χ1) is 26.0. The minimum absolute atomic E-state index is 0.0269. The molecule has 4 amide bonds. The molecule has 0 spiro atoms. The summed E-state index contributed by atoms with van der Waals surface area (Å²) in [6.45, 7) is 3.82. The molecule has 0 aliphatic carbocycles. The lowest BCUT2D eigenvalue weighted by Gasteiger charge is -2.32. The van der Waals surface area contributed by atoms with E-state index in [0.29, 0.717) is 19.3 Å². The molecule has 2 aliphatic rings. The fourth-order valence-corrected chi connectivity index (χ4v) is 5.90.